The van der Waals surface area contributed by atoms with Crippen LogP contribution in [-0.2, 0) is 9.59 Å². The van der Waals surface area contributed by atoms with Crippen molar-refractivity contribution in [1.82, 2.24) is 0 Å². The molecule has 0 spiro atoms. The summed E-state index contributed by atoms with van der Waals surface area (Å²) in [4.78, 5) is 39.0. The highest BCUT2D eigenvalue weighted by atomic mass is 35.5. The highest BCUT2D eigenvalue weighted by Crippen LogP contribution is 2.31. The van der Waals surface area contributed by atoms with Gasteiger partial charge in [-0.05, 0) is 80.1 Å². The number of nitrogens with one attached hydrogen (secondary N) is 1. The van der Waals surface area contributed by atoms with E-state index in [1.807, 2.05) is 19.9 Å². The Labute approximate surface area is 201 Å². The first kappa shape index (κ1) is 23.1. The Morgan fingerprint density at radius 1 is 0.941 bits per heavy atom. The lowest BCUT2D eigenvalue weighted by Crippen LogP contribution is -2.32. The number of rotatable bonds is 7. The molecule has 172 valence electrons. The molecular formula is C26H21ClN2O5. The fourth-order valence-electron chi connectivity index (χ4n) is 3.38. The lowest BCUT2D eigenvalue weighted by molar-refractivity contribution is -0.120. The molecule has 0 bridgehead atoms. The van der Waals surface area contributed by atoms with Gasteiger partial charge in [-0.1, -0.05) is 23.7 Å². The van der Waals surface area contributed by atoms with E-state index in [0.29, 0.717) is 35.0 Å². The van der Waals surface area contributed by atoms with Crippen LogP contribution in [0.25, 0.3) is 0 Å². The molecule has 3 aromatic rings. The number of imide groups is 1. The molecule has 1 N–H and O–H groups in total. The number of halogens is 1. The molecule has 7 nitrogen and oxygen atoms in total. The third kappa shape index (κ3) is 4.79. The fraction of sp³-hybridized carbons (Fsp3) is 0.115. The third-order valence-electron chi connectivity index (χ3n) is 5.02. The number of carbonyl (C=O) groups is 3. The summed E-state index contributed by atoms with van der Waals surface area (Å²) in [6.07, 6.45) is 0. The quantitative estimate of drug-likeness (QED) is 0.292. The summed E-state index contributed by atoms with van der Waals surface area (Å²) < 4.78 is 10.8. The standard InChI is InChI=1S/C26H21ClN2O5/c1-3-33-20-13-11-19(12-14-20)29-24(30)22(27)23(25(29)31)28-18-9-7-17(8-10-18)26(32)34-21-6-4-5-16(2)15-21/h4-15,28H,3H2,1-2H3. The maximum Gasteiger partial charge on any atom is 0.343 e. The Morgan fingerprint density at radius 2 is 1.65 bits per heavy atom. The van der Waals surface area contributed by atoms with Crippen LogP contribution in [-0.4, -0.2) is 24.4 Å². The van der Waals surface area contributed by atoms with E-state index in [1.165, 1.54) is 0 Å². The molecule has 1 heterocycles. The van der Waals surface area contributed by atoms with Crippen LogP contribution in [0.2, 0.25) is 0 Å². The molecule has 2 amide bonds. The van der Waals surface area contributed by atoms with E-state index in [1.54, 1.807) is 66.7 Å². The van der Waals surface area contributed by atoms with Gasteiger partial charge in [0.05, 0.1) is 17.9 Å². The number of esters is 1. The Morgan fingerprint density at radius 3 is 2.29 bits per heavy atom. The number of hydrogen-bond acceptors (Lipinski definition) is 6. The van der Waals surface area contributed by atoms with Gasteiger partial charge in [0.1, 0.15) is 22.2 Å². The largest absolute Gasteiger partial charge is 0.494 e. The lowest BCUT2D eigenvalue weighted by atomic mass is 10.2. The van der Waals surface area contributed by atoms with Crippen molar-refractivity contribution in [1.29, 1.82) is 0 Å². The average Bonchev–Trinajstić information content (AvgIpc) is 3.03. The molecule has 34 heavy (non-hydrogen) atoms. The van der Waals surface area contributed by atoms with Gasteiger partial charge < -0.3 is 14.8 Å². The molecule has 0 aliphatic carbocycles. The number of benzene rings is 3. The zero-order valence-corrected chi connectivity index (χ0v) is 19.3. The Balaban J connectivity index is 1.46. The number of carbonyl (C=O) groups excluding carboxylic acids is 3. The summed E-state index contributed by atoms with van der Waals surface area (Å²) in [6.45, 7) is 4.27. The maximum atomic E-state index is 12.9. The van der Waals surface area contributed by atoms with E-state index in [0.717, 1.165) is 10.5 Å². The first-order valence-corrected chi connectivity index (χ1v) is 10.9. The summed E-state index contributed by atoms with van der Waals surface area (Å²) in [7, 11) is 0. The number of ether oxygens (including phenoxy) is 2. The van der Waals surface area contributed by atoms with Gasteiger partial charge in [-0.3, -0.25) is 9.59 Å². The van der Waals surface area contributed by atoms with Crippen LogP contribution in [0.4, 0.5) is 11.4 Å². The Bertz CT molecular complexity index is 1280. The van der Waals surface area contributed by atoms with Gasteiger partial charge in [-0.25, -0.2) is 9.69 Å². The normalized spacial score (nSPS) is 13.3. The van der Waals surface area contributed by atoms with Crippen molar-refractivity contribution < 1.29 is 23.9 Å². The maximum absolute atomic E-state index is 12.9. The minimum Gasteiger partial charge on any atom is -0.494 e. The van der Waals surface area contributed by atoms with Gasteiger partial charge in [-0.2, -0.15) is 0 Å². The molecule has 0 aromatic heterocycles. The first-order valence-electron chi connectivity index (χ1n) is 10.5. The zero-order valence-electron chi connectivity index (χ0n) is 18.5. The summed E-state index contributed by atoms with van der Waals surface area (Å²) in [5.41, 5.74) is 2.12. The van der Waals surface area contributed by atoms with E-state index < -0.39 is 17.8 Å². The molecule has 0 radical (unpaired) electrons. The second-order valence-electron chi connectivity index (χ2n) is 7.47. The van der Waals surface area contributed by atoms with Crippen LogP contribution in [0, 0.1) is 6.92 Å². The number of aryl methyl sites for hydroxylation is 1. The number of anilines is 2. The van der Waals surface area contributed by atoms with Gasteiger partial charge in [0.15, 0.2) is 0 Å². The predicted octanol–water partition coefficient (Wildman–Crippen LogP) is 5.05. The summed E-state index contributed by atoms with van der Waals surface area (Å²) in [6, 6.07) is 20.1. The molecule has 1 aliphatic heterocycles. The van der Waals surface area contributed by atoms with E-state index in [-0.39, 0.29) is 10.7 Å². The number of nitrogens with zero attached hydrogens (tertiary/aromatic N) is 1. The third-order valence-corrected chi connectivity index (χ3v) is 5.37. The van der Waals surface area contributed by atoms with Crippen LogP contribution in [0.5, 0.6) is 11.5 Å². The SMILES string of the molecule is CCOc1ccc(N2C(=O)C(Cl)=C(Nc3ccc(C(=O)Oc4cccc(C)c4)cc3)C2=O)cc1. The van der Waals surface area contributed by atoms with Gasteiger partial charge in [0.2, 0.25) is 0 Å². The van der Waals surface area contributed by atoms with Crippen LogP contribution in [0.3, 0.4) is 0 Å². The summed E-state index contributed by atoms with van der Waals surface area (Å²) in [5.74, 6) is -0.640. The molecule has 0 fully saturated rings. The monoisotopic (exact) mass is 476 g/mol. The van der Waals surface area contributed by atoms with Gasteiger partial charge in [0, 0.05) is 5.69 Å². The minimum absolute atomic E-state index is 0.0457. The molecule has 0 atom stereocenters. The summed E-state index contributed by atoms with van der Waals surface area (Å²) in [5, 5.41) is 2.66. The van der Waals surface area contributed by atoms with Gasteiger partial charge in [0.25, 0.3) is 11.8 Å². The molecule has 0 saturated heterocycles. The van der Waals surface area contributed by atoms with E-state index in [4.69, 9.17) is 21.1 Å². The topological polar surface area (TPSA) is 84.9 Å². The van der Waals surface area contributed by atoms with Gasteiger partial charge >= 0.3 is 5.97 Å². The van der Waals surface area contributed by atoms with E-state index in [2.05, 4.69) is 5.32 Å². The number of amides is 2. The first-order chi connectivity index (χ1) is 16.4. The van der Waals surface area contributed by atoms with Crippen molar-refractivity contribution in [2.75, 3.05) is 16.8 Å². The van der Waals surface area contributed by atoms with Crippen molar-refractivity contribution in [2.24, 2.45) is 0 Å². The molecule has 4 rings (SSSR count). The minimum atomic E-state index is -0.628. The molecule has 8 heteroatoms. The van der Waals surface area contributed by atoms with Crippen molar-refractivity contribution >= 4 is 40.8 Å². The van der Waals surface area contributed by atoms with Crippen LogP contribution >= 0.6 is 11.6 Å². The molecule has 0 unspecified atom stereocenters. The highest BCUT2D eigenvalue weighted by molar-refractivity contribution is 6.53. The molecule has 1 aliphatic rings. The van der Waals surface area contributed by atoms with Crippen LogP contribution in [0.15, 0.2) is 83.5 Å². The highest BCUT2D eigenvalue weighted by Gasteiger charge is 2.39. The smallest absolute Gasteiger partial charge is 0.343 e. The Hall–Kier alpha value is -4.10. The van der Waals surface area contributed by atoms with Crippen molar-refractivity contribution in [3.05, 3.63) is 94.7 Å². The molecule has 3 aromatic carbocycles. The summed E-state index contributed by atoms with van der Waals surface area (Å²) >= 11 is 6.19. The second-order valence-corrected chi connectivity index (χ2v) is 7.85. The predicted molar refractivity (Wildman–Crippen MR) is 129 cm³/mol. The molecular weight excluding hydrogens is 456 g/mol. The van der Waals surface area contributed by atoms with Crippen LogP contribution < -0.4 is 19.7 Å². The van der Waals surface area contributed by atoms with Crippen LogP contribution in [0.1, 0.15) is 22.8 Å². The average molecular weight is 477 g/mol. The van der Waals surface area contributed by atoms with Crippen molar-refractivity contribution in [3.63, 3.8) is 0 Å². The lowest BCUT2D eigenvalue weighted by Gasteiger charge is -2.15. The second kappa shape index (κ2) is 9.80. The molecule has 0 saturated carbocycles. The van der Waals surface area contributed by atoms with Gasteiger partial charge in [-0.15, -0.1) is 0 Å². The van der Waals surface area contributed by atoms with Crippen molar-refractivity contribution in [2.45, 2.75) is 13.8 Å². The number of hydrogen-bond donors (Lipinski definition) is 1. The zero-order chi connectivity index (χ0) is 24.2. The van der Waals surface area contributed by atoms with E-state index >= 15 is 0 Å². The Kier molecular flexibility index (Phi) is 6.65. The fourth-order valence-corrected chi connectivity index (χ4v) is 3.60. The van der Waals surface area contributed by atoms with E-state index in [9.17, 15) is 14.4 Å². The van der Waals surface area contributed by atoms with Crippen molar-refractivity contribution in [3.8, 4) is 11.5 Å².